The molecule has 0 saturated heterocycles. The Morgan fingerprint density at radius 1 is 0.882 bits per heavy atom. The molecule has 0 radical (unpaired) electrons. The molecule has 4 heterocycles. The van der Waals surface area contributed by atoms with Gasteiger partial charge in [-0.3, -0.25) is 4.68 Å². The average molecular weight is 465 g/mol. The Balaban J connectivity index is 1.52. The lowest BCUT2D eigenvalue weighted by atomic mass is 10.1. The number of hydrogen-bond donors (Lipinski definition) is 0. The van der Waals surface area contributed by atoms with E-state index in [4.69, 9.17) is 4.74 Å². The zero-order chi connectivity index (χ0) is 23.5. The number of fused-ring (bicyclic) bond motifs is 1. The molecule has 0 N–H and O–H groups in total. The number of aromatic nitrogens is 6. The smallest absolute Gasteiger partial charge is 0.491 e. The molecular formula is C23H18F3N7O. The van der Waals surface area contributed by atoms with Crippen molar-refractivity contribution in [3.05, 3.63) is 85.5 Å². The fourth-order valence-electron chi connectivity index (χ4n) is 3.52. The maximum Gasteiger partial charge on any atom is 0.491 e. The summed E-state index contributed by atoms with van der Waals surface area (Å²) in [5, 5.41) is 8.41. The van der Waals surface area contributed by atoms with Gasteiger partial charge in [0.1, 0.15) is 18.2 Å². The van der Waals surface area contributed by atoms with Gasteiger partial charge in [-0.15, -0.1) is 18.3 Å². The number of ether oxygens (including phenoxy) is 1. The molecule has 0 bridgehead atoms. The number of pyridine rings is 1. The Hall–Kier alpha value is -4.41. The van der Waals surface area contributed by atoms with E-state index in [2.05, 4.69) is 20.2 Å². The fourth-order valence-corrected chi connectivity index (χ4v) is 3.52. The lowest BCUT2D eigenvalue weighted by Crippen LogP contribution is -2.35. The highest BCUT2D eigenvalue weighted by Gasteiger charge is 2.41. The third kappa shape index (κ3) is 4.27. The third-order valence-electron chi connectivity index (χ3n) is 5.01. The van der Waals surface area contributed by atoms with E-state index in [9.17, 15) is 13.2 Å². The van der Waals surface area contributed by atoms with Crippen molar-refractivity contribution < 1.29 is 17.9 Å². The van der Waals surface area contributed by atoms with Crippen LogP contribution in [-0.4, -0.2) is 42.3 Å². The summed E-state index contributed by atoms with van der Waals surface area (Å²) < 4.78 is 50.9. The van der Waals surface area contributed by atoms with Crippen LogP contribution in [0.25, 0.3) is 16.9 Å². The second-order valence-electron chi connectivity index (χ2n) is 7.21. The van der Waals surface area contributed by atoms with E-state index in [1.54, 1.807) is 35.3 Å². The van der Waals surface area contributed by atoms with Crippen LogP contribution in [0, 0.1) is 0 Å². The van der Waals surface area contributed by atoms with Crippen LogP contribution in [0.1, 0.15) is 0 Å². The lowest BCUT2D eigenvalue weighted by molar-refractivity contribution is -0.121. The molecule has 0 fully saturated rings. The van der Waals surface area contributed by atoms with E-state index >= 15 is 0 Å². The highest BCUT2D eigenvalue weighted by Crippen LogP contribution is 2.35. The molecule has 172 valence electrons. The monoisotopic (exact) mass is 465 g/mol. The molecule has 34 heavy (non-hydrogen) atoms. The van der Waals surface area contributed by atoms with Crippen molar-refractivity contribution in [2.45, 2.75) is 12.8 Å². The summed E-state index contributed by atoms with van der Waals surface area (Å²) in [6.45, 7) is 0.900. The summed E-state index contributed by atoms with van der Waals surface area (Å²) in [5.41, 5.74) is 1.54. The minimum absolute atomic E-state index is 0.128. The Morgan fingerprint density at radius 3 is 2.50 bits per heavy atom. The molecule has 5 aromatic rings. The largest absolute Gasteiger partial charge is 0.491 e. The zero-order valence-electron chi connectivity index (χ0n) is 17.7. The first-order chi connectivity index (χ1) is 16.5. The van der Waals surface area contributed by atoms with Gasteiger partial charge in [0.25, 0.3) is 0 Å². The van der Waals surface area contributed by atoms with Crippen LogP contribution in [-0.2, 0) is 6.54 Å². The van der Waals surface area contributed by atoms with Crippen LogP contribution in [0.2, 0.25) is 0 Å². The lowest BCUT2D eigenvalue weighted by Gasteiger charge is -2.24. The van der Waals surface area contributed by atoms with Crippen molar-refractivity contribution in [3.63, 3.8) is 0 Å². The van der Waals surface area contributed by atoms with Crippen LogP contribution in [0.3, 0.4) is 0 Å². The number of anilines is 2. The average Bonchev–Trinajstić information content (AvgIpc) is 3.49. The molecule has 4 aromatic heterocycles. The Kier molecular flexibility index (Phi) is 5.58. The van der Waals surface area contributed by atoms with Gasteiger partial charge >= 0.3 is 6.30 Å². The van der Waals surface area contributed by atoms with E-state index < -0.39 is 6.30 Å². The highest BCUT2D eigenvalue weighted by molar-refractivity contribution is 5.70. The van der Waals surface area contributed by atoms with Crippen molar-refractivity contribution in [3.8, 4) is 17.0 Å². The number of benzene rings is 1. The van der Waals surface area contributed by atoms with Crippen molar-refractivity contribution in [2.24, 2.45) is 0 Å². The summed E-state index contributed by atoms with van der Waals surface area (Å²) in [6.07, 6.45) is 1.64. The number of halogens is 3. The first kappa shape index (κ1) is 21.4. The fraction of sp³-hybridized carbons (Fsp3) is 0.130. The quantitative estimate of drug-likeness (QED) is 0.324. The minimum atomic E-state index is -4.73. The SMILES string of the molecule is FC(F)(F)N(c1ccccn1)c1ccc2ncc(-c3ccccc3OCCn3cccn3)n2n1. The maximum atomic E-state index is 14.0. The normalized spacial score (nSPS) is 11.6. The van der Waals surface area contributed by atoms with Gasteiger partial charge < -0.3 is 4.74 Å². The second kappa shape index (κ2) is 8.85. The number of rotatable bonds is 7. The predicted octanol–water partition coefficient (Wildman–Crippen LogP) is 4.72. The number of nitrogens with zero attached hydrogens (tertiary/aromatic N) is 7. The van der Waals surface area contributed by atoms with Crippen LogP contribution in [0.5, 0.6) is 5.75 Å². The molecule has 5 rings (SSSR count). The number of imidazole rings is 1. The molecule has 0 unspecified atom stereocenters. The van der Waals surface area contributed by atoms with E-state index in [1.165, 1.54) is 35.0 Å². The Morgan fingerprint density at radius 2 is 1.74 bits per heavy atom. The zero-order valence-corrected chi connectivity index (χ0v) is 17.7. The number of hydrogen-bond acceptors (Lipinski definition) is 6. The van der Waals surface area contributed by atoms with Gasteiger partial charge in [-0.1, -0.05) is 18.2 Å². The van der Waals surface area contributed by atoms with E-state index in [0.717, 1.165) is 0 Å². The van der Waals surface area contributed by atoms with E-state index in [0.29, 0.717) is 35.8 Å². The summed E-state index contributed by atoms with van der Waals surface area (Å²) in [7, 11) is 0. The van der Waals surface area contributed by atoms with Crippen molar-refractivity contribution in [1.82, 2.24) is 29.4 Å². The minimum Gasteiger partial charge on any atom is -0.491 e. The summed E-state index contributed by atoms with van der Waals surface area (Å²) in [6, 6.07) is 16.1. The summed E-state index contributed by atoms with van der Waals surface area (Å²) >= 11 is 0. The molecule has 0 spiro atoms. The van der Waals surface area contributed by atoms with Crippen LogP contribution in [0.15, 0.2) is 85.5 Å². The van der Waals surface area contributed by atoms with Crippen LogP contribution < -0.4 is 9.64 Å². The molecule has 0 atom stereocenters. The van der Waals surface area contributed by atoms with Crippen molar-refractivity contribution >= 4 is 17.3 Å². The first-order valence-electron chi connectivity index (χ1n) is 10.3. The molecule has 0 amide bonds. The van der Waals surface area contributed by atoms with Crippen molar-refractivity contribution in [2.75, 3.05) is 11.5 Å². The van der Waals surface area contributed by atoms with Gasteiger partial charge in [0.05, 0.1) is 18.4 Å². The molecule has 0 aliphatic rings. The topological polar surface area (TPSA) is 73.4 Å². The van der Waals surface area contributed by atoms with Gasteiger partial charge in [-0.25, -0.2) is 19.4 Å². The molecule has 11 heteroatoms. The number of alkyl halides is 3. The maximum absolute atomic E-state index is 14.0. The van der Waals surface area contributed by atoms with Crippen LogP contribution >= 0.6 is 0 Å². The summed E-state index contributed by atoms with van der Waals surface area (Å²) in [4.78, 5) is 8.29. The first-order valence-corrected chi connectivity index (χ1v) is 10.3. The Labute approximate surface area is 191 Å². The van der Waals surface area contributed by atoms with Gasteiger partial charge in [0, 0.05) is 24.2 Å². The Bertz CT molecular complexity index is 1390. The predicted molar refractivity (Wildman–Crippen MR) is 119 cm³/mol. The highest BCUT2D eigenvalue weighted by atomic mass is 19.4. The molecule has 0 aliphatic heterocycles. The second-order valence-corrected chi connectivity index (χ2v) is 7.21. The van der Waals surface area contributed by atoms with Gasteiger partial charge in [0.15, 0.2) is 11.5 Å². The van der Waals surface area contributed by atoms with Crippen molar-refractivity contribution in [1.29, 1.82) is 0 Å². The van der Waals surface area contributed by atoms with Gasteiger partial charge in [-0.05, 0) is 42.5 Å². The van der Waals surface area contributed by atoms with E-state index in [-0.39, 0.29) is 16.5 Å². The van der Waals surface area contributed by atoms with Gasteiger partial charge in [-0.2, -0.15) is 5.10 Å². The molecule has 8 nitrogen and oxygen atoms in total. The van der Waals surface area contributed by atoms with Crippen LogP contribution in [0.4, 0.5) is 24.8 Å². The molecule has 0 aliphatic carbocycles. The van der Waals surface area contributed by atoms with Gasteiger partial charge in [0.2, 0.25) is 0 Å². The molecular weight excluding hydrogens is 447 g/mol. The summed E-state index contributed by atoms with van der Waals surface area (Å²) in [5.74, 6) is -0.0676. The number of para-hydroxylation sites is 1. The van der Waals surface area contributed by atoms with E-state index in [1.807, 2.05) is 24.4 Å². The molecule has 0 saturated carbocycles. The third-order valence-corrected chi connectivity index (χ3v) is 5.01. The molecule has 1 aromatic carbocycles. The standard InChI is InChI=1S/C23H18F3N7O/c24-23(25,26)32(20-8-3-4-11-27-20)22-10-9-21-28-16-18(33(21)30-22)17-6-1-2-7-19(17)34-15-14-31-13-5-12-29-31/h1-13,16H,14-15H2.